The number of nitrogens with zero attached hydrogens (tertiary/aromatic N) is 1. The molecule has 1 atom stereocenters. The summed E-state index contributed by atoms with van der Waals surface area (Å²) < 4.78 is 6.14. The van der Waals surface area contributed by atoms with Crippen molar-refractivity contribution in [3.8, 4) is 5.75 Å². The molecule has 2 amide bonds. The third-order valence-corrected chi connectivity index (χ3v) is 6.43. The van der Waals surface area contributed by atoms with Crippen molar-refractivity contribution in [3.63, 3.8) is 0 Å². The van der Waals surface area contributed by atoms with Crippen LogP contribution in [0, 0.1) is 0 Å². The molecule has 0 saturated carbocycles. The largest absolute Gasteiger partial charge is 0.489 e. The zero-order valence-corrected chi connectivity index (χ0v) is 17.9. The molecule has 0 aliphatic carbocycles. The van der Waals surface area contributed by atoms with Crippen molar-refractivity contribution in [2.75, 3.05) is 17.6 Å². The van der Waals surface area contributed by atoms with Crippen molar-refractivity contribution in [1.29, 1.82) is 0 Å². The first-order valence-corrected chi connectivity index (χ1v) is 11.3. The number of aryl methyl sites for hydroxylation is 1. The molecule has 0 bridgehead atoms. The fourth-order valence-electron chi connectivity index (χ4n) is 3.51. The lowest BCUT2D eigenvalue weighted by Gasteiger charge is -2.26. The van der Waals surface area contributed by atoms with Crippen LogP contribution in [-0.2, 0) is 13.0 Å². The van der Waals surface area contributed by atoms with Crippen molar-refractivity contribution in [2.24, 2.45) is 0 Å². The summed E-state index contributed by atoms with van der Waals surface area (Å²) in [5.41, 5.74) is 4.23. The molecule has 1 aliphatic heterocycles. The highest BCUT2D eigenvalue weighted by Gasteiger charge is 2.32. The number of nitrogens with one attached hydrogen (secondary N) is 1. The number of hydrogen-bond donors (Lipinski definition) is 1. The normalized spacial score (nSPS) is 15.8. The van der Waals surface area contributed by atoms with Gasteiger partial charge in [0, 0.05) is 23.5 Å². The number of amides is 2. The molecule has 1 saturated heterocycles. The summed E-state index contributed by atoms with van der Waals surface area (Å²) in [6.07, 6.45) is 0.985. The molecular formula is C25H26N2O2S. The minimum atomic E-state index is -0.0767. The average molecular weight is 419 g/mol. The molecule has 1 fully saturated rings. The van der Waals surface area contributed by atoms with Crippen LogP contribution in [0.3, 0.4) is 0 Å². The first-order chi connectivity index (χ1) is 14.7. The van der Waals surface area contributed by atoms with Gasteiger partial charge in [-0.05, 0) is 35.7 Å². The highest BCUT2D eigenvalue weighted by atomic mass is 32.2. The van der Waals surface area contributed by atoms with Crippen molar-refractivity contribution in [1.82, 2.24) is 4.90 Å². The standard InChI is InChI=1S/C25H26N2O2S/c1-2-19-12-14-21(15-13-19)26-25(28)27-16-17-30-24(27)22-10-6-7-11-23(22)29-18-20-8-4-3-5-9-20/h3-15,24H,2,16-18H2,1H3,(H,26,28)/t24-/m0/s1. The quantitative estimate of drug-likeness (QED) is 0.525. The molecule has 0 unspecified atom stereocenters. The smallest absolute Gasteiger partial charge is 0.323 e. The molecule has 4 nitrogen and oxygen atoms in total. The van der Waals surface area contributed by atoms with E-state index in [1.807, 2.05) is 53.4 Å². The Morgan fingerprint density at radius 3 is 2.50 bits per heavy atom. The molecule has 1 aliphatic rings. The summed E-state index contributed by atoms with van der Waals surface area (Å²) in [7, 11) is 0. The van der Waals surface area contributed by atoms with Gasteiger partial charge in [0.05, 0.1) is 0 Å². The van der Waals surface area contributed by atoms with Gasteiger partial charge >= 0.3 is 6.03 Å². The van der Waals surface area contributed by atoms with Crippen molar-refractivity contribution >= 4 is 23.5 Å². The van der Waals surface area contributed by atoms with E-state index in [1.165, 1.54) is 5.56 Å². The molecule has 1 N–H and O–H groups in total. The summed E-state index contributed by atoms with van der Waals surface area (Å²) in [6, 6.07) is 26.1. The van der Waals surface area contributed by atoms with E-state index in [1.54, 1.807) is 11.8 Å². The highest BCUT2D eigenvalue weighted by molar-refractivity contribution is 7.99. The summed E-state index contributed by atoms with van der Waals surface area (Å²) in [5, 5.41) is 2.98. The third-order valence-electron chi connectivity index (χ3n) is 5.19. The van der Waals surface area contributed by atoms with E-state index in [-0.39, 0.29) is 11.4 Å². The van der Waals surface area contributed by atoms with E-state index in [0.29, 0.717) is 13.2 Å². The second-order valence-electron chi connectivity index (χ2n) is 7.21. The molecule has 3 aromatic carbocycles. The summed E-state index contributed by atoms with van der Waals surface area (Å²) in [6.45, 7) is 3.34. The Morgan fingerprint density at radius 1 is 1.00 bits per heavy atom. The Balaban J connectivity index is 1.48. The molecule has 30 heavy (non-hydrogen) atoms. The van der Waals surface area contributed by atoms with Gasteiger partial charge < -0.3 is 15.0 Å². The molecule has 0 spiro atoms. The van der Waals surface area contributed by atoms with Crippen LogP contribution in [0.15, 0.2) is 78.9 Å². The lowest BCUT2D eigenvalue weighted by Crippen LogP contribution is -2.34. The molecule has 0 aromatic heterocycles. The molecule has 1 heterocycles. The Labute approximate surface area is 182 Å². The number of thioether (sulfide) groups is 1. The van der Waals surface area contributed by atoms with Gasteiger partial charge in [-0.25, -0.2) is 4.79 Å². The van der Waals surface area contributed by atoms with Gasteiger partial charge in [0.1, 0.15) is 17.7 Å². The van der Waals surface area contributed by atoms with Crippen LogP contribution in [0.25, 0.3) is 0 Å². The van der Waals surface area contributed by atoms with Crippen LogP contribution in [0.4, 0.5) is 10.5 Å². The summed E-state index contributed by atoms with van der Waals surface area (Å²) >= 11 is 1.77. The SMILES string of the molecule is CCc1ccc(NC(=O)N2CCS[C@H]2c2ccccc2OCc2ccccc2)cc1. The van der Waals surface area contributed by atoms with Gasteiger partial charge in [0.15, 0.2) is 0 Å². The van der Waals surface area contributed by atoms with E-state index >= 15 is 0 Å². The van der Waals surface area contributed by atoms with Crippen LogP contribution in [-0.4, -0.2) is 23.2 Å². The summed E-state index contributed by atoms with van der Waals surface area (Å²) in [4.78, 5) is 14.9. The number of urea groups is 1. The van der Waals surface area contributed by atoms with Crippen LogP contribution in [0.5, 0.6) is 5.75 Å². The number of rotatable bonds is 6. The van der Waals surface area contributed by atoms with Gasteiger partial charge in [-0.2, -0.15) is 0 Å². The first-order valence-electron chi connectivity index (χ1n) is 10.3. The zero-order chi connectivity index (χ0) is 20.8. The lowest BCUT2D eigenvalue weighted by molar-refractivity contribution is 0.213. The Hall–Kier alpha value is -2.92. The molecular weight excluding hydrogens is 392 g/mol. The predicted octanol–water partition coefficient (Wildman–Crippen LogP) is 6.11. The predicted molar refractivity (Wildman–Crippen MR) is 124 cm³/mol. The van der Waals surface area contributed by atoms with Crippen molar-refractivity contribution < 1.29 is 9.53 Å². The molecule has 0 radical (unpaired) electrons. The third kappa shape index (κ3) is 4.79. The van der Waals surface area contributed by atoms with Gasteiger partial charge in [-0.15, -0.1) is 11.8 Å². The fourth-order valence-corrected chi connectivity index (χ4v) is 4.79. The van der Waals surface area contributed by atoms with Gasteiger partial charge in [0.2, 0.25) is 0 Å². The number of para-hydroxylation sites is 1. The average Bonchev–Trinajstić information content (AvgIpc) is 3.29. The maximum atomic E-state index is 13.0. The van der Waals surface area contributed by atoms with Gasteiger partial charge in [0.25, 0.3) is 0 Å². The number of carbonyl (C=O) groups excluding carboxylic acids is 1. The number of ether oxygens (including phenoxy) is 1. The topological polar surface area (TPSA) is 41.6 Å². The Morgan fingerprint density at radius 2 is 1.73 bits per heavy atom. The molecule has 3 aromatic rings. The van der Waals surface area contributed by atoms with Gasteiger partial charge in [-0.1, -0.05) is 67.6 Å². The molecule has 154 valence electrons. The zero-order valence-electron chi connectivity index (χ0n) is 17.1. The first kappa shape index (κ1) is 20.4. The fraction of sp³-hybridized carbons (Fsp3) is 0.240. The lowest BCUT2D eigenvalue weighted by atomic mass is 10.1. The van der Waals surface area contributed by atoms with E-state index in [9.17, 15) is 4.79 Å². The molecule has 4 rings (SSSR count). The van der Waals surface area contributed by atoms with E-state index in [2.05, 4.69) is 42.6 Å². The Kier molecular flexibility index (Phi) is 6.60. The minimum Gasteiger partial charge on any atom is -0.489 e. The van der Waals surface area contributed by atoms with Crippen LogP contribution >= 0.6 is 11.8 Å². The van der Waals surface area contributed by atoms with Crippen LogP contribution in [0.1, 0.15) is 29.0 Å². The van der Waals surface area contributed by atoms with Gasteiger partial charge in [-0.3, -0.25) is 0 Å². The second kappa shape index (κ2) is 9.72. The number of hydrogen-bond acceptors (Lipinski definition) is 3. The van der Waals surface area contributed by atoms with Crippen molar-refractivity contribution in [2.45, 2.75) is 25.3 Å². The van der Waals surface area contributed by atoms with Crippen molar-refractivity contribution in [3.05, 3.63) is 95.6 Å². The number of benzene rings is 3. The highest BCUT2D eigenvalue weighted by Crippen LogP contribution is 2.42. The van der Waals surface area contributed by atoms with E-state index in [4.69, 9.17) is 4.74 Å². The van der Waals surface area contributed by atoms with Crippen LogP contribution < -0.4 is 10.1 Å². The number of carbonyl (C=O) groups is 1. The maximum Gasteiger partial charge on any atom is 0.323 e. The van der Waals surface area contributed by atoms with E-state index < -0.39 is 0 Å². The monoisotopic (exact) mass is 418 g/mol. The number of anilines is 1. The van der Waals surface area contributed by atoms with Crippen LogP contribution in [0.2, 0.25) is 0 Å². The minimum absolute atomic E-state index is 0.0631. The second-order valence-corrected chi connectivity index (χ2v) is 8.40. The van der Waals surface area contributed by atoms with E-state index in [0.717, 1.165) is 34.7 Å². The maximum absolute atomic E-state index is 13.0. The molecule has 5 heteroatoms. The Bertz CT molecular complexity index is 976. The summed E-state index contributed by atoms with van der Waals surface area (Å²) in [5.74, 6) is 1.73.